The van der Waals surface area contributed by atoms with Crippen LogP contribution in [0.2, 0.25) is 0 Å². The van der Waals surface area contributed by atoms with Crippen LogP contribution < -0.4 is 0 Å². The van der Waals surface area contributed by atoms with Crippen molar-refractivity contribution in [3.63, 3.8) is 0 Å². The minimum Gasteiger partial charge on any atom is -0.393 e. The fourth-order valence-electron chi connectivity index (χ4n) is 1.23. The van der Waals surface area contributed by atoms with E-state index in [9.17, 15) is 0 Å². The Morgan fingerprint density at radius 1 is 1.17 bits per heavy atom. The Morgan fingerprint density at radius 3 is 2.08 bits per heavy atom. The summed E-state index contributed by atoms with van der Waals surface area (Å²) in [6.07, 6.45) is 4.20. The zero-order valence-corrected chi connectivity index (χ0v) is 8.85. The van der Waals surface area contributed by atoms with E-state index >= 15 is 0 Å². The summed E-state index contributed by atoms with van der Waals surface area (Å²) in [6, 6.07) is 0. The molecular formula is C11H22O. The maximum atomic E-state index is 9.09. The molecule has 0 spiro atoms. The number of aliphatic hydroxyl groups is 1. The fraction of sp³-hybridized carbons (Fsp3) is 0.818. The molecule has 1 nitrogen and oxygen atoms in total. The van der Waals surface area contributed by atoms with Gasteiger partial charge >= 0.3 is 0 Å². The Bertz CT molecular complexity index is 145. The summed E-state index contributed by atoms with van der Waals surface area (Å²) in [5.74, 6) is 0. The van der Waals surface area contributed by atoms with Crippen LogP contribution in [0.15, 0.2) is 11.1 Å². The first-order valence-electron chi connectivity index (χ1n) is 4.91. The van der Waals surface area contributed by atoms with Crippen LogP contribution in [0, 0.1) is 0 Å². The molecule has 0 rings (SSSR count). The molecule has 0 aromatic rings. The lowest BCUT2D eigenvalue weighted by molar-refractivity contribution is 0.185. The van der Waals surface area contributed by atoms with E-state index in [0.717, 1.165) is 12.8 Å². The summed E-state index contributed by atoms with van der Waals surface area (Å²) in [5.41, 5.74) is 2.95. The minimum absolute atomic E-state index is 0.158. The SMILES string of the molecule is CCC/C(C)=C(\C)CCC(C)O. The van der Waals surface area contributed by atoms with Crippen molar-refractivity contribution in [2.45, 2.75) is 59.5 Å². The molecule has 0 radical (unpaired) electrons. The monoisotopic (exact) mass is 170 g/mol. The molecule has 0 bridgehead atoms. The van der Waals surface area contributed by atoms with Gasteiger partial charge in [-0.25, -0.2) is 0 Å². The zero-order chi connectivity index (χ0) is 9.56. The highest BCUT2D eigenvalue weighted by Gasteiger charge is 1.99. The van der Waals surface area contributed by atoms with Gasteiger partial charge in [0.1, 0.15) is 0 Å². The summed E-state index contributed by atoms with van der Waals surface area (Å²) in [5, 5.41) is 9.09. The largest absolute Gasteiger partial charge is 0.393 e. The van der Waals surface area contributed by atoms with Gasteiger partial charge < -0.3 is 5.11 Å². The van der Waals surface area contributed by atoms with E-state index < -0.39 is 0 Å². The van der Waals surface area contributed by atoms with E-state index in [0.29, 0.717) is 0 Å². The first kappa shape index (κ1) is 11.7. The van der Waals surface area contributed by atoms with Gasteiger partial charge in [0, 0.05) is 0 Å². The Balaban J connectivity index is 3.82. The molecule has 1 N–H and O–H groups in total. The third-order valence-electron chi connectivity index (χ3n) is 2.29. The molecule has 1 heteroatoms. The summed E-state index contributed by atoms with van der Waals surface area (Å²) in [6.45, 7) is 8.42. The van der Waals surface area contributed by atoms with Crippen molar-refractivity contribution in [2.75, 3.05) is 0 Å². The maximum Gasteiger partial charge on any atom is 0.0515 e. The molecular weight excluding hydrogens is 148 g/mol. The zero-order valence-electron chi connectivity index (χ0n) is 8.85. The molecule has 0 aliphatic heterocycles. The smallest absolute Gasteiger partial charge is 0.0515 e. The summed E-state index contributed by atoms with van der Waals surface area (Å²) < 4.78 is 0. The first-order chi connectivity index (χ1) is 5.57. The van der Waals surface area contributed by atoms with Crippen LogP contribution in [0.25, 0.3) is 0 Å². The molecule has 1 atom stereocenters. The Labute approximate surface area is 76.5 Å². The van der Waals surface area contributed by atoms with Crippen LogP contribution in [0.1, 0.15) is 53.4 Å². The van der Waals surface area contributed by atoms with E-state index in [2.05, 4.69) is 20.8 Å². The first-order valence-corrected chi connectivity index (χ1v) is 4.91. The van der Waals surface area contributed by atoms with Gasteiger partial charge in [0.25, 0.3) is 0 Å². The van der Waals surface area contributed by atoms with Crippen LogP contribution in [-0.4, -0.2) is 11.2 Å². The lowest BCUT2D eigenvalue weighted by atomic mass is 10.0. The van der Waals surface area contributed by atoms with Crippen molar-refractivity contribution >= 4 is 0 Å². The summed E-state index contributed by atoms with van der Waals surface area (Å²) in [7, 11) is 0. The van der Waals surface area contributed by atoms with Gasteiger partial charge in [-0.3, -0.25) is 0 Å². The van der Waals surface area contributed by atoms with Crippen molar-refractivity contribution in [1.82, 2.24) is 0 Å². The van der Waals surface area contributed by atoms with E-state index in [-0.39, 0.29) is 6.10 Å². The maximum absolute atomic E-state index is 9.09. The molecule has 0 fully saturated rings. The van der Waals surface area contributed by atoms with Gasteiger partial charge in [-0.05, 0) is 40.0 Å². The third-order valence-corrected chi connectivity index (χ3v) is 2.29. The molecule has 0 aliphatic rings. The molecule has 0 heterocycles. The van der Waals surface area contributed by atoms with Crippen LogP contribution >= 0.6 is 0 Å². The van der Waals surface area contributed by atoms with Crippen molar-refractivity contribution in [1.29, 1.82) is 0 Å². The third kappa shape index (κ3) is 5.36. The summed E-state index contributed by atoms with van der Waals surface area (Å²) in [4.78, 5) is 0. The van der Waals surface area contributed by atoms with Gasteiger partial charge in [0.2, 0.25) is 0 Å². The topological polar surface area (TPSA) is 20.2 Å². The average molecular weight is 170 g/mol. The Hall–Kier alpha value is -0.300. The second-order valence-corrected chi connectivity index (χ2v) is 3.70. The van der Waals surface area contributed by atoms with Crippen LogP contribution in [0.3, 0.4) is 0 Å². The van der Waals surface area contributed by atoms with E-state index in [4.69, 9.17) is 5.11 Å². The van der Waals surface area contributed by atoms with Gasteiger partial charge in [0.15, 0.2) is 0 Å². The Morgan fingerprint density at radius 2 is 1.67 bits per heavy atom. The molecule has 0 aromatic carbocycles. The lowest BCUT2D eigenvalue weighted by Gasteiger charge is -2.08. The molecule has 0 aromatic heterocycles. The van der Waals surface area contributed by atoms with E-state index in [1.165, 1.54) is 24.0 Å². The van der Waals surface area contributed by atoms with Crippen molar-refractivity contribution in [2.24, 2.45) is 0 Å². The molecule has 0 saturated heterocycles. The van der Waals surface area contributed by atoms with Crippen molar-refractivity contribution in [3.8, 4) is 0 Å². The highest BCUT2D eigenvalue weighted by molar-refractivity contribution is 5.09. The molecule has 0 amide bonds. The molecule has 12 heavy (non-hydrogen) atoms. The lowest BCUT2D eigenvalue weighted by Crippen LogP contribution is -1.99. The Kier molecular flexibility index (Phi) is 6.09. The van der Waals surface area contributed by atoms with Gasteiger partial charge in [-0.1, -0.05) is 24.5 Å². The normalized spacial score (nSPS) is 15.8. The number of aliphatic hydroxyl groups excluding tert-OH is 1. The van der Waals surface area contributed by atoms with Crippen LogP contribution in [0.4, 0.5) is 0 Å². The highest BCUT2D eigenvalue weighted by Crippen LogP contribution is 2.15. The average Bonchev–Trinajstić information content (AvgIpc) is 2.00. The fourth-order valence-corrected chi connectivity index (χ4v) is 1.23. The number of rotatable bonds is 5. The molecule has 0 aliphatic carbocycles. The van der Waals surface area contributed by atoms with Gasteiger partial charge in [-0.2, -0.15) is 0 Å². The van der Waals surface area contributed by atoms with Crippen LogP contribution in [0.5, 0.6) is 0 Å². The predicted molar refractivity (Wildman–Crippen MR) is 54.2 cm³/mol. The number of hydrogen-bond donors (Lipinski definition) is 1. The second-order valence-electron chi connectivity index (χ2n) is 3.70. The van der Waals surface area contributed by atoms with Crippen LogP contribution in [-0.2, 0) is 0 Å². The molecule has 72 valence electrons. The minimum atomic E-state index is -0.158. The number of hydrogen-bond acceptors (Lipinski definition) is 1. The van der Waals surface area contributed by atoms with Crippen molar-refractivity contribution < 1.29 is 5.11 Å². The number of allylic oxidation sites excluding steroid dienone is 2. The van der Waals surface area contributed by atoms with Crippen molar-refractivity contribution in [3.05, 3.63) is 11.1 Å². The predicted octanol–water partition coefficient (Wildman–Crippen LogP) is 3.28. The van der Waals surface area contributed by atoms with Gasteiger partial charge in [-0.15, -0.1) is 0 Å². The highest BCUT2D eigenvalue weighted by atomic mass is 16.3. The molecule has 1 unspecified atom stereocenters. The summed E-state index contributed by atoms with van der Waals surface area (Å²) >= 11 is 0. The second kappa shape index (κ2) is 6.24. The standard InChI is InChI=1S/C11H22O/c1-5-6-9(2)10(3)7-8-11(4)12/h11-12H,5-8H2,1-4H3/b10-9+. The van der Waals surface area contributed by atoms with Gasteiger partial charge in [0.05, 0.1) is 6.10 Å². The molecule has 0 saturated carbocycles. The van der Waals surface area contributed by atoms with E-state index in [1.807, 2.05) is 6.92 Å². The quantitative estimate of drug-likeness (QED) is 0.628. The van der Waals surface area contributed by atoms with E-state index in [1.54, 1.807) is 0 Å².